The van der Waals surface area contributed by atoms with Crippen molar-refractivity contribution in [2.45, 2.75) is 25.7 Å². The summed E-state index contributed by atoms with van der Waals surface area (Å²) in [7, 11) is 1.43. The number of aromatic amines is 1. The zero-order valence-electron chi connectivity index (χ0n) is 19.2. The van der Waals surface area contributed by atoms with Gasteiger partial charge in [-0.1, -0.05) is 6.07 Å². The van der Waals surface area contributed by atoms with Crippen LogP contribution in [-0.4, -0.2) is 70.3 Å². The lowest BCUT2D eigenvalue weighted by atomic mass is 9.92. The summed E-state index contributed by atoms with van der Waals surface area (Å²) in [6.45, 7) is 2.83. The maximum atomic E-state index is 13.9. The molecule has 1 N–H and O–H groups in total. The third kappa shape index (κ3) is 4.47. The van der Waals surface area contributed by atoms with Gasteiger partial charge in [-0.25, -0.2) is 4.39 Å². The van der Waals surface area contributed by atoms with E-state index in [1.165, 1.54) is 13.2 Å². The Kier molecular flexibility index (Phi) is 6.17. The second kappa shape index (κ2) is 9.40. The van der Waals surface area contributed by atoms with Crippen LogP contribution in [0.25, 0.3) is 11.0 Å². The molecule has 0 radical (unpaired) electrons. The van der Waals surface area contributed by atoms with Gasteiger partial charge in [0.25, 0.3) is 5.91 Å². The highest BCUT2D eigenvalue weighted by molar-refractivity contribution is 5.97. The smallest absolute Gasteiger partial charge is 0.253 e. The number of hydrogen-bond acceptors (Lipinski definition) is 5. The molecule has 3 heterocycles. The Morgan fingerprint density at radius 2 is 1.76 bits per heavy atom. The number of rotatable bonds is 5. The van der Waals surface area contributed by atoms with Gasteiger partial charge in [0.05, 0.1) is 7.11 Å². The Balaban J connectivity index is 1.14. The van der Waals surface area contributed by atoms with Crippen molar-refractivity contribution < 1.29 is 18.7 Å². The number of carbonyl (C=O) groups is 2. The third-order valence-electron chi connectivity index (χ3n) is 7.16. The molecule has 0 saturated carbocycles. The number of ether oxygens (including phenoxy) is 1. The maximum Gasteiger partial charge on any atom is 0.253 e. The largest absolute Gasteiger partial charge is 0.494 e. The van der Waals surface area contributed by atoms with Gasteiger partial charge >= 0.3 is 0 Å². The summed E-state index contributed by atoms with van der Waals surface area (Å²) in [4.78, 5) is 29.8. The molecule has 2 saturated heterocycles. The van der Waals surface area contributed by atoms with Crippen LogP contribution in [0.1, 0.15) is 35.2 Å². The van der Waals surface area contributed by atoms with Crippen LogP contribution in [0, 0.1) is 17.7 Å². The van der Waals surface area contributed by atoms with Crippen molar-refractivity contribution in [2.75, 3.05) is 33.3 Å². The van der Waals surface area contributed by atoms with Gasteiger partial charge in [-0.3, -0.25) is 9.59 Å². The molecule has 2 aromatic carbocycles. The van der Waals surface area contributed by atoms with E-state index in [4.69, 9.17) is 4.74 Å². The molecule has 8 nitrogen and oxygen atoms in total. The van der Waals surface area contributed by atoms with Crippen LogP contribution >= 0.6 is 0 Å². The highest BCUT2D eigenvalue weighted by Gasteiger charge is 2.37. The third-order valence-corrected chi connectivity index (χ3v) is 7.16. The van der Waals surface area contributed by atoms with Gasteiger partial charge in [-0.05, 0) is 67.0 Å². The summed E-state index contributed by atoms with van der Waals surface area (Å²) in [5, 5.41) is 10.7. The molecule has 2 fully saturated rings. The van der Waals surface area contributed by atoms with Crippen LogP contribution in [0.2, 0.25) is 0 Å². The molecule has 178 valence electrons. The van der Waals surface area contributed by atoms with Crippen LogP contribution in [0.4, 0.5) is 4.39 Å². The van der Waals surface area contributed by atoms with Crippen molar-refractivity contribution >= 4 is 22.8 Å². The van der Waals surface area contributed by atoms with Gasteiger partial charge < -0.3 is 14.5 Å². The van der Waals surface area contributed by atoms with Crippen LogP contribution in [0.5, 0.6) is 5.75 Å². The van der Waals surface area contributed by atoms with E-state index in [0.29, 0.717) is 61.9 Å². The van der Waals surface area contributed by atoms with Crippen molar-refractivity contribution in [3.63, 3.8) is 0 Å². The predicted molar refractivity (Wildman–Crippen MR) is 124 cm³/mol. The fourth-order valence-electron chi connectivity index (χ4n) is 5.19. The number of H-pyrrole nitrogens is 1. The highest BCUT2D eigenvalue weighted by atomic mass is 19.1. The number of hydrogen-bond donors (Lipinski definition) is 1. The molecule has 34 heavy (non-hydrogen) atoms. The van der Waals surface area contributed by atoms with Gasteiger partial charge in [0.15, 0.2) is 11.6 Å². The number of nitrogens with zero attached hydrogens (tertiary/aromatic N) is 4. The van der Waals surface area contributed by atoms with E-state index < -0.39 is 5.82 Å². The van der Waals surface area contributed by atoms with Gasteiger partial charge in [-0.15, -0.1) is 0 Å². The van der Waals surface area contributed by atoms with Crippen molar-refractivity contribution in [3.8, 4) is 5.75 Å². The van der Waals surface area contributed by atoms with Gasteiger partial charge in [-0.2, -0.15) is 15.4 Å². The monoisotopic (exact) mass is 465 g/mol. The normalized spacial score (nSPS) is 20.3. The van der Waals surface area contributed by atoms with E-state index >= 15 is 0 Å². The van der Waals surface area contributed by atoms with Crippen LogP contribution in [0.3, 0.4) is 0 Å². The summed E-state index contributed by atoms with van der Waals surface area (Å²) >= 11 is 0. The molecule has 2 aliphatic rings. The first-order valence-corrected chi connectivity index (χ1v) is 11.7. The average Bonchev–Trinajstić information content (AvgIpc) is 3.44. The lowest BCUT2D eigenvalue weighted by Crippen LogP contribution is -2.34. The second-order valence-electron chi connectivity index (χ2n) is 9.18. The van der Waals surface area contributed by atoms with Crippen molar-refractivity contribution in [1.82, 2.24) is 25.2 Å². The fourth-order valence-corrected chi connectivity index (χ4v) is 5.19. The van der Waals surface area contributed by atoms with E-state index in [2.05, 4.69) is 15.4 Å². The van der Waals surface area contributed by atoms with E-state index in [9.17, 15) is 14.0 Å². The first kappa shape index (κ1) is 22.3. The quantitative estimate of drug-likeness (QED) is 0.625. The highest BCUT2D eigenvalue weighted by Crippen LogP contribution is 2.33. The number of carbonyl (C=O) groups excluding carboxylic acids is 2. The number of benzene rings is 2. The van der Waals surface area contributed by atoms with E-state index in [1.54, 1.807) is 24.3 Å². The lowest BCUT2D eigenvalue weighted by Gasteiger charge is -2.22. The molecule has 2 unspecified atom stereocenters. The van der Waals surface area contributed by atoms with Gasteiger partial charge in [0.1, 0.15) is 11.0 Å². The molecule has 0 spiro atoms. The molecule has 5 rings (SSSR count). The summed E-state index contributed by atoms with van der Waals surface area (Å²) in [6.07, 6.45) is 2.64. The van der Waals surface area contributed by atoms with Crippen molar-refractivity contribution in [3.05, 3.63) is 53.3 Å². The number of amides is 2. The summed E-state index contributed by atoms with van der Waals surface area (Å²) < 4.78 is 18.9. The topological polar surface area (TPSA) is 91.4 Å². The summed E-state index contributed by atoms with van der Waals surface area (Å²) in [5.74, 6) is 0.722. The lowest BCUT2D eigenvalue weighted by molar-refractivity contribution is -0.131. The number of halogens is 1. The van der Waals surface area contributed by atoms with E-state index in [0.717, 1.165) is 23.9 Å². The molecule has 3 aromatic rings. The molecule has 2 amide bonds. The second-order valence-corrected chi connectivity index (χ2v) is 9.18. The van der Waals surface area contributed by atoms with Gasteiger partial charge in [0.2, 0.25) is 5.91 Å². The van der Waals surface area contributed by atoms with E-state index in [-0.39, 0.29) is 17.6 Å². The Morgan fingerprint density at radius 1 is 1.03 bits per heavy atom. The zero-order chi connectivity index (χ0) is 23.7. The minimum Gasteiger partial charge on any atom is -0.494 e. The number of methoxy groups -OCH3 is 1. The summed E-state index contributed by atoms with van der Waals surface area (Å²) in [6, 6.07) is 10.2. The maximum absolute atomic E-state index is 13.9. The Labute approximate surface area is 197 Å². The molecule has 1 aromatic heterocycles. The number of fused-ring (bicyclic) bond motifs is 2. The molecule has 0 bridgehead atoms. The molecular formula is C25H28FN5O3. The summed E-state index contributed by atoms with van der Waals surface area (Å²) in [5.41, 5.74) is 2.84. The molecule has 9 heteroatoms. The van der Waals surface area contributed by atoms with Gasteiger partial charge in [0, 0.05) is 38.2 Å². The predicted octanol–water partition coefficient (Wildman–Crippen LogP) is 3.05. The molecular weight excluding hydrogens is 437 g/mol. The van der Waals surface area contributed by atoms with Crippen LogP contribution in [0.15, 0.2) is 36.4 Å². The Bertz CT molecular complexity index is 1200. The minimum atomic E-state index is -0.407. The van der Waals surface area contributed by atoms with Crippen molar-refractivity contribution in [1.29, 1.82) is 0 Å². The van der Waals surface area contributed by atoms with Crippen molar-refractivity contribution in [2.24, 2.45) is 11.8 Å². The Hall–Kier alpha value is -3.49. The number of aromatic nitrogens is 3. The average molecular weight is 466 g/mol. The fraction of sp³-hybridized carbons (Fsp3) is 0.440. The van der Waals surface area contributed by atoms with Crippen LogP contribution in [-0.2, 0) is 11.2 Å². The SMILES string of the molecule is COc1ccc(CCC(=O)N2CCC3CN(C(=O)c4ccc5n[nH]nc5c4)CC3CC2)cc1F. The Morgan fingerprint density at radius 3 is 2.47 bits per heavy atom. The standard InChI is InChI=1S/C25H28FN5O3/c1-34-23-6-2-16(12-20(23)26)3-7-24(32)30-10-8-18-14-31(15-19(18)9-11-30)25(33)17-4-5-21-22(13-17)28-29-27-21/h2,4-6,12-13,18-19H,3,7-11,14-15H2,1H3,(H,27,28,29). The number of aryl methyl sites for hydroxylation is 1. The van der Waals surface area contributed by atoms with Crippen LogP contribution < -0.4 is 4.74 Å². The zero-order valence-corrected chi connectivity index (χ0v) is 19.2. The molecule has 2 atom stereocenters. The first-order chi connectivity index (χ1) is 16.5. The molecule has 0 aliphatic carbocycles. The number of nitrogens with one attached hydrogen (secondary N) is 1. The minimum absolute atomic E-state index is 0.0256. The van der Waals surface area contributed by atoms with E-state index in [1.807, 2.05) is 15.9 Å². The molecule has 2 aliphatic heterocycles. The number of likely N-dealkylation sites (tertiary alicyclic amines) is 2. The first-order valence-electron chi connectivity index (χ1n) is 11.7.